The molecule has 1 aliphatic rings. The molecule has 4 nitrogen and oxygen atoms in total. The molecule has 0 aliphatic heterocycles. The zero-order chi connectivity index (χ0) is 15.4. The molecule has 0 unspecified atom stereocenters. The molecule has 1 amide bonds. The van der Waals surface area contributed by atoms with Crippen LogP contribution in [0.5, 0.6) is 5.75 Å². The highest BCUT2D eigenvalue weighted by Crippen LogP contribution is 2.32. The van der Waals surface area contributed by atoms with Crippen molar-refractivity contribution in [1.82, 2.24) is 0 Å². The monoisotopic (exact) mass is 290 g/mol. The second-order valence-corrected chi connectivity index (χ2v) is 6.01. The van der Waals surface area contributed by atoms with Crippen molar-refractivity contribution >= 4 is 11.6 Å². The van der Waals surface area contributed by atoms with Crippen LogP contribution in [0.3, 0.4) is 0 Å². The average molecular weight is 290 g/mol. The van der Waals surface area contributed by atoms with E-state index >= 15 is 0 Å². The summed E-state index contributed by atoms with van der Waals surface area (Å²) in [4.78, 5) is 14.6. The van der Waals surface area contributed by atoms with Crippen LogP contribution in [0.4, 0.5) is 5.69 Å². The first kappa shape index (κ1) is 15.8. The normalized spacial score (nSPS) is 22.0. The van der Waals surface area contributed by atoms with Gasteiger partial charge in [0.2, 0.25) is 5.91 Å². The van der Waals surface area contributed by atoms with Gasteiger partial charge in [-0.1, -0.05) is 6.07 Å². The van der Waals surface area contributed by atoms with E-state index in [0.29, 0.717) is 12.5 Å². The number of rotatable bonds is 4. The van der Waals surface area contributed by atoms with Gasteiger partial charge in [-0.3, -0.25) is 4.79 Å². The van der Waals surface area contributed by atoms with Crippen LogP contribution in [0, 0.1) is 18.8 Å². The number of phenols is 1. The molecule has 116 valence electrons. The van der Waals surface area contributed by atoms with Crippen molar-refractivity contribution in [3.8, 4) is 5.75 Å². The molecule has 1 aromatic rings. The second-order valence-electron chi connectivity index (χ2n) is 6.01. The van der Waals surface area contributed by atoms with Gasteiger partial charge in [0, 0.05) is 18.5 Å². The summed E-state index contributed by atoms with van der Waals surface area (Å²) >= 11 is 0. The number of anilines is 1. The number of aryl methyl sites for hydroxylation is 1. The topological polar surface area (TPSA) is 66.6 Å². The number of hydrogen-bond donors (Lipinski definition) is 2. The Morgan fingerprint density at radius 1 is 1.33 bits per heavy atom. The molecule has 0 bridgehead atoms. The lowest BCUT2D eigenvalue weighted by molar-refractivity contribution is -0.123. The van der Waals surface area contributed by atoms with E-state index < -0.39 is 0 Å². The summed E-state index contributed by atoms with van der Waals surface area (Å²) < 4.78 is 0. The minimum atomic E-state index is 0.0921. The number of carbonyl (C=O) groups excluding carboxylic acids is 1. The second kappa shape index (κ2) is 6.94. The van der Waals surface area contributed by atoms with Crippen LogP contribution in [-0.4, -0.2) is 24.1 Å². The number of benzene rings is 1. The number of phenolic OH excluding ortho intramolecular Hbond substituents is 1. The first-order valence-corrected chi connectivity index (χ1v) is 7.87. The Hall–Kier alpha value is -1.55. The first-order valence-electron chi connectivity index (χ1n) is 7.87. The fourth-order valence-corrected chi connectivity index (χ4v) is 3.20. The van der Waals surface area contributed by atoms with E-state index in [1.165, 1.54) is 0 Å². The summed E-state index contributed by atoms with van der Waals surface area (Å²) in [5.41, 5.74) is 7.55. The molecular formula is C17H26N2O2. The number of hydrogen-bond acceptors (Lipinski definition) is 3. The maximum Gasteiger partial charge on any atom is 0.230 e. The Bertz CT molecular complexity index is 494. The third-order valence-corrected chi connectivity index (χ3v) is 4.60. The predicted octanol–water partition coefficient (Wildman–Crippen LogP) is 2.82. The van der Waals surface area contributed by atoms with Crippen LogP contribution in [0.15, 0.2) is 18.2 Å². The summed E-state index contributed by atoms with van der Waals surface area (Å²) in [5.74, 6) is 1.05. The van der Waals surface area contributed by atoms with Crippen molar-refractivity contribution in [2.75, 3.05) is 18.0 Å². The molecule has 1 aromatic carbocycles. The lowest BCUT2D eigenvalue weighted by Crippen LogP contribution is -2.38. The molecule has 1 fully saturated rings. The summed E-state index contributed by atoms with van der Waals surface area (Å²) in [6, 6.07) is 5.19. The number of nitrogens with zero attached hydrogens (tertiary/aromatic N) is 1. The smallest absolute Gasteiger partial charge is 0.230 e. The number of amides is 1. The molecule has 0 radical (unpaired) electrons. The molecular weight excluding hydrogens is 264 g/mol. The van der Waals surface area contributed by atoms with Gasteiger partial charge < -0.3 is 15.7 Å². The first-order chi connectivity index (χ1) is 10.1. The van der Waals surface area contributed by atoms with Crippen molar-refractivity contribution in [2.45, 2.75) is 39.5 Å². The van der Waals surface area contributed by atoms with Crippen LogP contribution in [-0.2, 0) is 4.79 Å². The fraction of sp³-hybridized carbons (Fsp3) is 0.588. The molecule has 0 spiro atoms. The van der Waals surface area contributed by atoms with Crippen molar-refractivity contribution in [2.24, 2.45) is 17.6 Å². The zero-order valence-corrected chi connectivity index (χ0v) is 13.0. The Kier molecular flexibility index (Phi) is 5.23. The maximum absolute atomic E-state index is 12.8. The molecule has 0 heterocycles. The number of carbonyl (C=O) groups is 1. The van der Waals surface area contributed by atoms with Crippen LogP contribution in [0.25, 0.3) is 0 Å². The van der Waals surface area contributed by atoms with Crippen LogP contribution in [0.1, 0.15) is 38.2 Å². The van der Waals surface area contributed by atoms with E-state index in [2.05, 4.69) is 0 Å². The summed E-state index contributed by atoms with van der Waals surface area (Å²) in [7, 11) is 0. The molecule has 0 atom stereocenters. The third kappa shape index (κ3) is 3.56. The van der Waals surface area contributed by atoms with Crippen molar-refractivity contribution in [1.29, 1.82) is 0 Å². The van der Waals surface area contributed by atoms with Gasteiger partial charge in [0.15, 0.2) is 0 Å². The van der Waals surface area contributed by atoms with E-state index in [4.69, 9.17) is 5.73 Å². The quantitative estimate of drug-likeness (QED) is 0.896. The lowest BCUT2D eigenvalue weighted by atomic mass is 9.81. The van der Waals surface area contributed by atoms with Gasteiger partial charge in [0.05, 0.1) is 5.69 Å². The summed E-state index contributed by atoms with van der Waals surface area (Å²) in [5, 5.41) is 9.69. The van der Waals surface area contributed by atoms with Gasteiger partial charge >= 0.3 is 0 Å². The van der Waals surface area contributed by atoms with E-state index in [9.17, 15) is 9.90 Å². The standard InChI is InChI=1S/C17H26N2O2/c1-3-19(16-10-15(20)9-4-12(16)2)17(21)14-7-5-13(11-18)6-8-14/h4,9-10,13-14,20H,3,5-8,11,18H2,1-2H3. The highest BCUT2D eigenvalue weighted by molar-refractivity contribution is 5.95. The number of nitrogens with two attached hydrogens (primary N) is 1. The van der Waals surface area contributed by atoms with Gasteiger partial charge in [-0.05, 0) is 63.6 Å². The van der Waals surface area contributed by atoms with Crippen molar-refractivity contribution in [3.05, 3.63) is 23.8 Å². The van der Waals surface area contributed by atoms with E-state index in [-0.39, 0.29) is 17.6 Å². The van der Waals surface area contributed by atoms with Gasteiger partial charge in [-0.25, -0.2) is 0 Å². The van der Waals surface area contributed by atoms with Crippen LogP contribution < -0.4 is 10.6 Å². The largest absolute Gasteiger partial charge is 0.508 e. The highest BCUT2D eigenvalue weighted by Gasteiger charge is 2.29. The van der Waals surface area contributed by atoms with Gasteiger partial charge in [-0.2, -0.15) is 0 Å². The molecule has 0 aromatic heterocycles. The Labute approximate surface area is 126 Å². The van der Waals surface area contributed by atoms with Gasteiger partial charge in [-0.15, -0.1) is 0 Å². The molecule has 1 aliphatic carbocycles. The predicted molar refractivity (Wildman–Crippen MR) is 85.4 cm³/mol. The maximum atomic E-state index is 12.8. The van der Waals surface area contributed by atoms with E-state index in [1.54, 1.807) is 12.1 Å². The fourth-order valence-electron chi connectivity index (χ4n) is 3.20. The minimum absolute atomic E-state index is 0.0921. The van der Waals surface area contributed by atoms with Crippen LogP contribution >= 0.6 is 0 Å². The molecule has 0 saturated heterocycles. The molecule has 1 saturated carbocycles. The summed E-state index contributed by atoms with van der Waals surface area (Å²) in [6.45, 7) is 5.30. The Morgan fingerprint density at radius 2 is 2.00 bits per heavy atom. The van der Waals surface area contributed by atoms with Gasteiger partial charge in [0.25, 0.3) is 0 Å². The number of aromatic hydroxyl groups is 1. The summed E-state index contributed by atoms with van der Waals surface area (Å²) in [6.07, 6.45) is 3.94. The highest BCUT2D eigenvalue weighted by atomic mass is 16.3. The minimum Gasteiger partial charge on any atom is -0.508 e. The Morgan fingerprint density at radius 3 is 2.57 bits per heavy atom. The average Bonchev–Trinajstić information content (AvgIpc) is 2.51. The molecule has 3 N–H and O–H groups in total. The zero-order valence-electron chi connectivity index (χ0n) is 13.0. The lowest BCUT2D eigenvalue weighted by Gasteiger charge is -2.32. The van der Waals surface area contributed by atoms with Crippen LogP contribution in [0.2, 0.25) is 0 Å². The van der Waals surface area contributed by atoms with Gasteiger partial charge in [0.1, 0.15) is 5.75 Å². The van der Waals surface area contributed by atoms with Crippen molar-refractivity contribution < 1.29 is 9.90 Å². The molecule has 2 rings (SSSR count). The molecule has 21 heavy (non-hydrogen) atoms. The van der Waals surface area contributed by atoms with E-state index in [0.717, 1.165) is 43.5 Å². The Balaban J connectivity index is 2.14. The third-order valence-electron chi connectivity index (χ3n) is 4.60. The molecule has 4 heteroatoms. The van der Waals surface area contributed by atoms with E-state index in [1.807, 2.05) is 24.8 Å². The SMILES string of the molecule is CCN(C(=O)C1CCC(CN)CC1)c1cc(O)ccc1C. The van der Waals surface area contributed by atoms with Crippen molar-refractivity contribution in [3.63, 3.8) is 0 Å².